The van der Waals surface area contributed by atoms with Gasteiger partial charge in [-0.15, -0.1) is 0 Å². The van der Waals surface area contributed by atoms with Crippen molar-refractivity contribution in [2.75, 3.05) is 0 Å². The molecule has 0 heterocycles. The largest absolute Gasteiger partial charge is 0.369 e. The van der Waals surface area contributed by atoms with Crippen LogP contribution < -0.4 is 5.73 Å². The van der Waals surface area contributed by atoms with Gasteiger partial charge in [-0.25, -0.2) is 0 Å². The predicted octanol–water partition coefficient (Wildman–Crippen LogP) is 4.03. The lowest BCUT2D eigenvalue weighted by Crippen LogP contribution is -2.23. The first-order chi connectivity index (χ1) is 8.11. The smallest absolute Gasteiger partial charge is 0.223 e. The highest BCUT2D eigenvalue weighted by Gasteiger charge is 2.53. The normalized spacial score (nSPS) is 27.1. The van der Waals surface area contributed by atoms with E-state index < -0.39 is 0 Å². The zero-order chi connectivity index (χ0) is 12.7. The summed E-state index contributed by atoms with van der Waals surface area (Å²) in [4.78, 5) is 11.2. The zero-order valence-electron chi connectivity index (χ0n) is 11.6. The minimum Gasteiger partial charge on any atom is -0.369 e. The number of unbranched alkanes of at least 4 members (excludes halogenated alkanes) is 7. The van der Waals surface area contributed by atoms with E-state index in [1.165, 1.54) is 57.8 Å². The number of carbonyl (C=O) groups is 1. The molecule has 2 N–H and O–H groups in total. The van der Waals surface area contributed by atoms with Gasteiger partial charge >= 0.3 is 0 Å². The zero-order valence-corrected chi connectivity index (χ0v) is 11.6. The Morgan fingerprint density at radius 1 is 1.12 bits per heavy atom. The van der Waals surface area contributed by atoms with Crippen LogP contribution in [0, 0.1) is 11.3 Å². The van der Waals surface area contributed by atoms with E-state index in [4.69, 9.17) is 5.73 Å². The fourth-order valence-corrected chi connectivity index (χ4v) is 2.70. The maximum absolute atomic E-state index is 11.2. The van der Waals surface area contributed by atoms with Crippen molar-refractivity contribution in [3.05, 3.63) is 0 Å². The quantitative estimate of drug-likeness (QED) is 0.575. The van der Waals surface area contributed by atoms with E-state index in [-0.39, 0.29) is 11.3 Å². The molecule has 2 nitrogen and oxygen atoms in total. The van der Waals surface area contributed by atoms with Crippen LogP contribution in [0.5, 0.6) is 0 Å². The summed E-state index contributed by atoms with van der Waals surface area (Å²) in [5.41, 5.74) is 5.23. The summed E-state index contributed by atoms with van der Waals surface area (Å²) in [7, 11) is 0. The second-order valence-corrected chi connectivity index (χ2v) is 5.95. The third kappa shape index (κ3) is 4.69. The first-order valence-corrected chi connectivity index (χ1v) is 7.41. The first kappa shape index (κ1) is 14.5. The number of carbonyl (C=O) groups excluding carboxylic acids is 1. The van der Waals surface area contributed by atoms with Crippen LogP contribution in [0.15, 0.2) is 0 Å². The van der Waals surface area contributed by atoms with E-state index in [2.05, 4.69) is 6.92 Å². The van der Waals surface area contributed by atoms with E-state index in [0.717, 1.165) is 6.42 Å². The Labute approximate surface area is 106 Å². The number of nitrogens with two attached hydrogens (primary N) is 1. The maximum Gasteiger partial charge on any atom is 0.223 e. The van der Waals surface area contributed by atoms with Crippen molar-refractivity contribution in [2.45, 2.75) is 78.1 Å². The summed E-state index contributed by atoms with van der Waals surface area (Å²) < 4.78 is 0. The molecule has 0 aromatic carbocycles. The fourth-order valence-electron chi connectivity index (χ4n) is 2.70. The number of hydrogen-bond donors (Lipinski definition) is 1. The molecule has 0 aromatic heterocycles. The summed E-state index contributed by atoms with van der Waals surface area (Å²) in [5, 5.41) is 0. The number of rotatable bonds is 10. The molecule has 17 heavy (non-hydrogen) atoms. The fraction of sp³-hybridized carbons (Fsp3) is 0.933. The molecule has 1 amide bonds. The molecule has 0 spiro atoms. The lowest BCUT2D eigenvalue weighted by molar-refractivity contribution is -0.123. The molecular formula is C15H29NO. The third-order valence-corrected chi connectivity index (χ3v) is 4.38. The van der Waals surface area contributed by atoms with Gasteiger partial charge in [0.2, 0.25) is 5.91 Å². The van der Waals surface area contributed by atoms with Crippen LogP contribution in [0.4, 0.5) is 0 Å². The average molecular weight is 239 g/mol. The molecule has 1 rings (SSSR count). The second-order valence-electron chi connectivity index (χ2n) is 5.95. The molecule has 0 saturated heterocycles. The molecule has 0 bridgehead atoms. The van der Waals surface area contributed by atoms with Crippen molar-refractivity contribution < 1.29 is 4.79 Å². The highest BCUT2D eigenvalue weighted by atomic mass is 16.1. The third-order valence-electron chi connectivity index (χ3n) is 4.38. The number of hydrogen-bond acceptors (Lipinski definition) is 1. The molecule has 2 unspecified atom stereocenters. The van der Waals surface area contributed by atoms with Gasteiger partial charge in [0.15, 0.2) is 0 Å². The summed E-state index contributed by atoms with van der Waals surface area (Å²) >= 11 is 0. The topological polar surface area (TPSA) is 43.1 Å². The van der Waals surface area contributed by atoms with Crippen LogP contribution in [0.1, 0.15) is 78.1 Å². The maximum atomic E-state index is 11.2. The van der Waals surface area contributed by atoms with Crippen LogP contribution >= 0.6 is 0 Å². The van der Waals surface area contributed by atoms with Gasteiger partial charge in [-0.05, 0) is 18.8 Å². The molecule has 100 valence electrons. The van der Waals surface area contributed by atoms with E-state index >= 15 is 0 Å². The van der Waals surface area contributed by atoms with E-state index in [9.17, 15) is 4.79 Å². The van der Waals surface area contributed by atoms with Crippen molar-refractivity contribution in [1.29, 1.82) is 0 Å². The average Bonchev–Trinajstić information content (AvgIpc) is 2.95. The first-order valence-electron chi connectivity index (χ1n) is 7.41. The Hall–Kier alpha value is -0.530. The Balaban J connectivity index is 1.88. The molecule has 1 saturated carbocycles. The Morgan fingerprint density at radius 2 is 1.65 bits per heavy atom. The Morgan fingerprint density at radius 3 is 2.12 bits per heavy atom. The number of amides is 1. The van der Waals surface area contributed by atoms with Gasteiger partial charge in [0.1, 0.15) is 0 Å². The Bertz CT molecular complexity index is 239. The van der Waals surface area contributed by atoms with Crippen molar-refractivity contribution >= 4 is 5.91 Å². The standard InChI is InChI=1S/C15H29NO/c1-3-4-5-6-7-8-9-10-11-13-12-15(13,2)14(16)17/h13H,3-12H2,1-2H3,(H2,16,17). The van der Waals surface area contributed by atoms with Crippen molar-refractivity contribution in [1.82, 2.24) is 0 Å². The highest BCUT2D eigenvalue weighted by molar-refractivity contribution is 5.83. The van der Waals surface area contributed by atoms with Gasteiger partial charge in [-0.2, -0.15) is 0 Å². The van der Waals surface area contributed by atoms with Gasteiger partial charge < -0.3 is 5.73 Å². The highest BCUT2D eigenvalue weighted by Crippen LogP contribution is 2.54. The van der Waals surface area contributed by atoms with Crippen LogP contribution in [0.3, 0.4) is 0 Å². The van der Waals surface area contributed by atoms with E-state index in [0.29, 0.717) is 5.92 Å². The van der Waals surface area contributed by atoms with Gasteiger partial charge in [0, 0.05) is 5.41 Å². The van der Waals surface area contributed by atoms with Crippen molar-refractivity contribution in [2.24, 2.45) is 17.1 Å². The van der Waals surface area contributed by atoms with Crippen LogP contribution in [-0.2, 0) is 4.79 Å². The molecule has 1 aliphatic carbocycles. The predicted molar refractivity (Wildman–Crippen MR) is 72.6 cm³/mol. The summed E-state index contributed by atoms with van der Waals surface area (Å²) in [6.45, 7) is 4.27. The summed E-state index contributed by atoms with van der Waals surface area (Å²) in [5.74, 6) is 0.488. The molecule has 0 aliphatic heterocycles. The van der Waals surface area contributed by atoms with Gasteiger partial charge in [0.25, 0.3) is 0 Å². The molecular weight excluding hydrogens is 210 g/mol. The van der Waals surface area contributed by atoms with Gasteiger partial charge in [-0.1, -0.05) is 65.2 Å². The van der Waals surface area contributed by atoms with E-state index in [1.807, 2.05) is 6.92 Å². The molecule has 1 aliphatic rings. The Kier molecular flexibility index (Phi) is 6.01. The summed E-state index contributed by atoms with van der Waals surface area (Å²) in [6.07, 6.45) is 13.1. The molecule has 2 atom stereocenters. The lowest BCUT2D eigenvalue weighted by Gasteiger charge is -2.05. The van der Waals surface area contributed by atoms with Crippen LogP contribution in [0.2, 0.25) is 0 Å². The van der Waals surface area contributed by atoms with Crippen LogP contribution in [0.25, 0.3) is 0 Å². The second kappa shape index (κ2) is 7.03. The van der Waals surface area contributed by atoms with Crippen molar-refractivity contribution in [3.63, 3.8) is 0 Å². The monoisotopic (exact) mass is 239 g/mol. The van der Waals surface area contributed by atoms with E-state index in [1.54, 1.807) is 0 Å². The minimum absolute atomic E-state index is 0.0953. The molecule has 0 radical (unpaired) electrons. The lowest BCUT2D eigenvalue weighted by atomic mass is 10.0. The molecule has 0 aromatic rings. The van der Waals surface area contributed by atoms with Crippen LogP contribution in [-0.4, -0.2) is 5.91 Å². The number of primary amides is 1. The van der Waals surface area contributed by atoms with Gasteiger partial charge in [-0.3, -0.25) is 4.79 Å². The van der Waals surface area contributed by atoms with Crippen molar-refractivity contribution in [3.8, 4) is 0 Å². The summed E-state index contributed by atoms with van der Waals surface area (Å²) in [6, 6.07) is 0. The minimum atomic E-state index is -0.152. The SMILES string of the molecule is CCCCCCCCCCC1CC1(C)C(N)=O. The molecule has 2 heteroatoms. The molecule has 1 fully saturated rings. The van der Waals surface area contributed by atoms with Gasteiger partial charge in [0.05, 0.1) is 0 Å².